The van der Waals surface area contributed by atoms with Crippen LogP contribution in [-0.4, -0.2) is 12.5 Å². The number of halogens is 3. The molecule has 1 aromatic rings. The molecule has 1 saturated carbocycles. The maximum absolute atomic E-state index is 13.4. The SMILES string of the molecule is NC[C@H]1CCC[C@H]1C(=O)Nc1cc(F)c(I)c(F)c1. The van der Waals surface area contributed by atoms with E-state index in [1.807, 2.05) is 0 Å². The first-order valence-corrected chi connectivity index (χ1v) is 7.26. The smallest absolute Gasteiger partial charge is 0.227 e. The van der Waals surface area contributed by atoms with Crippen LogP contribution in [0.1, 0.15) is 19.3 Å². The average Bonchev–Trinajstić information content (AvgIpc) is 2.84. The summed E-state index contributed by atoms with van der Waals surface area (Å²) < 4.78 is 26.7. The molecule has 3 N–H and O–H groups in total. The monoisotopic (exact) mass is 380 g/mol. The third-order valence-electron chi connectivity index (χ3n) is 3.55. The Morgan fingerprint density at radius 1 is 1.37 bits per heavy atom. The third kappa shape index (κ3) is 3.22. The summed E-state index contributed by atoms with van der Waals surface area (Å²) in [6, 6.07) is 2.27. The molecular weight excluding hydrogens is 365 g/mol. The van der Waals surface area contributed by atoms with Crippen molar-refractivity contribution in [2.75, 3.05) is 11.9 Å². The molecule has 0 bridgehead atoms. The van der Waals surface area contributed by atoms with E-state index in [1.165, 1.54) is 0 Å². The fraction of sp³-hybridized carbons (Fsp3) is 0.462. The van der Waals surface area contributed by atoms with Crippen LogP contribution in [-0.2, 0) is 4.79 Å². The number of hydrogen-bond acceptors (Lipinski definition) is 2. The van der Waals surface area contributed by atoms with Crippen molar-refractivity contribution in [3.8, 4) is 0 Å². The van der Waals surface area contributed by atoms with Crippen molar-refractivity contribution in [1.29, 1.82) is 0 Å². The van der Waals surface area contributed by atoms with Crippen LogP contribution in [0.2, 0.25) is 0 Å². The number of carbonyl (C=O) groups excluding carboxylic acids is 1. The minimum absolute atomic E-state index is 0.0729. The van der Waals surface area contributed by atoms with Crippen molar-refractivity contribution in [3.05, 3.63) is 27.3 Å². The lowest BCUT2D eigenvalue weighted by molar-refractivity contribution is -0.120. The van der Waals surface area contributed by atoms with Crippen LogP contribution in [0.5, 0.6) is 0 Å². The van der Waals surface area contributed by atoms with Gasteiger partial charge in [-0.2, -0.15) is 0 Å². The molecule has 1 amide bonds. The zero-order valence-corrected chi connectivity index (χ0v) is 12.4. The molecule has 19 heavy (non-hydrogen) atoms. The highest BCUT2D eigenvalue weighted by Gasteiger charge is 2.32. The van der Waals surface area contributed by atoms with Gasteiger partial charge >= 0.3 is 0 Å². The number of carbonyl (C=O) groups is 1. The van der Waals surface area contributed by atoms with Gasteiger partial charge in [-0.25, -0.2) is 8.78 Å². The van der Waals surface area contributed by atoms with E-state index in [4.69, 9.17) is 5.73 Å². The molecule has 0 heterocycles. The molecule has 2 atom stereocenters. The molecule has 1 fully saturated rings. The van der Waals surface area contributed by atoms with Gasteiger partial charge in [0, 0.05) is 11.6 Å². The summed E-state index contributed by atoms with van der Waals surface area (Å²) in [6.45, 7) is 0.466. The first kappa shape index (κ1) is 14.6. The van der Waals surface area contributed by atoms with E-state index in [2.05, 4.69) is 5.32 Å². The van der Waals surface area contributed by atoms with Crippen LogP contribution >= 0.6 is 22.6 Å². The second-order valence-corrected chi connectivity index (χ2v) is 5.86. The summed E-state index contributed by atoms with van der Waals surface area (Å²) in [5.41, 5.74) is 5.78. The standard InChI is InChI=1S/C13H15F2IN2O/c14-10-4-8(5-11(15)12(10)16)18-13(19)9-3-1-2-7(9)6-17/h4-5,7,9H,1-3,6,17H2,(H,18,19)/t7-,9-/m1/s1. The first-order chi connectivity index (χ1) is 9.02. The van der Waals surface area contributed by atoms with Crippen molar-refractivity contribution in [2.24, 2.45) is 17.6 Å². The zero-order chi connectivity index (χ0) is 14.0. The van der Waals surface area contributed by atoms with Crippen LogP contribution in [0.4, 0.5) is 14.5 Å². The Kier molecular flexibility index (Phi) is 4.72. The van der Waals surface area contributed by atoms with E-state index in [-0.39, 0.29) is 27.0 Å². The molecule has 104 valence electrons. The lowest BCUT2D eigenvalue weighted by Crippen LogP contribution is -2.29. The van der Waals surface area contributed by atoms with Crippen LogP contribution < -0.4 is 11.1 Å². The number of amides is 1. The number of hydrogen-bond donors (Lipinski definition) is 2. The molecule has 3 nitrogen and oxygen atoms in total. The van der Waals surface area contributed by atoms with Gasteiger partial charge in [0.1, 0.15) is 11.6 Å². The predicted molar refractivity (Wildman–Crippen MR) is 77.6 cm³/mol. The molecule has 1 aromatic carbocycles. The molecule has 0 unspecified atom stereocenters. The molecular formula is C13H15F2IN2O. The Morgan fingerprint density at radius 3 is 2.58 bits per heavy atom. The van der Waals surface area contributed by atoms with E-state index in [9.17, 15) is 13.6 Å². The van der Waals surface area contributed by atoms with Gasteiger partial charge in [-0.1, -0.05) is 6.42 Å². The normalized spacial score (nSPS) is 22.5. The molecule has 1 aliphatic carbocycles. The largest absolute Gasteiger partial charge is 0.330 e. The summed E-state index contributed by atoms with van der Waals surface area (Å²) >= 11 is 1.59. The number of anilines is 1. The van der Waals surface area contributed by atoms with Gasteiger partial charge < -0.3 is 11.1 Å². The Morgan fingerprint density at radius 2 is 2.00 bits per heavy atom. The molecule has 1 aliphatic rings. The zero-order valence-electron chi connectivity index (χ0n) is 10.3. The van der Waals surface area contributed by atoms with E-state index in [1.54, 1.807) is 22.6 Å². The first-order valence-electron chi connectivity index (χ1n) is 6.18. The Labute approximate surface area is 124 Å². The molecule has 0 spiro atoms. The Hall–Kier alpha value is -0.760. The van der Waals surface area contributed by atoms with E-state index in [0.29, 0.717) is 6.54 Å². The van der Waals surface area contributed by atoms with Crippen molar-refractivity contribution < 1.29 is 13.6 Å². The lowest BCUT2D eigenvalue weighted by atomic mass is 9.95. The average molecular weight is 380 g/mol. The third-order valence-corrected chi connectivity index (χ3v) is 4.58. The van der Waals surface area contributed by atoms with Gasteiger partial charge in [0.15, 0.2) is 0 Å². The summed E-state index contributed by atoms with van der Waals surface area (Å²) in [6.07, 6.45) is 2.68. The van der Waals surface area contributed by atoms with Gasteiger partial charge in [0.25, 0.3) is 0 Å². The molecule has 6 heteroatoms. The van der Waals surface area contributed by atoms with Crippen LogP contribution in [0.15, 0.2) is 12.1 Å². The molecule has 0 aromatic heterocycles. The van der Waals surface area contributed by atoms with Gasteiger partial charge in [-0.05, 0) is 60.0 Å². The minimum atomic E-state index is -0.669. The number of rotatable bonds is 3. The number of nitrogens with two attached hydrogens (primary N) is 1. The highest BCUT2D eigenvalue weighted by atomic mass is 127. The summed E-state index contributed by atoms with van der Waals surface area (Å²) in [4.78, 5) is 12.1. The second kappa shape index (κ2) is 6.13. The van der Waals surface area contributed by atoms with Gasteiger partial charge in [0.05, 0.1) is 3.57 Å². The second-order valence-electron chi connectivity index (χ2n) is 4.78. The molecule has 0 aliphatic heterocycles. The van der Waals surface area contributed by atoms with Crippen molar-refractivity contribution >= 4 is 34.2 Å². The number of nitrogens with one attached hydrogen (secondary N) is 1. The maximum atomic E-state index is 13.4. The van der Waals surface area contributed by atoms with Crippen LogP contribution in [0, 0.1) is 27.0 Å². The van der Waals surface area contributed by atoms with Crippen molar-refractivity contribution in [3.63, 3.8) is 0 Å². The van der Waals surface area contributed by atoms with E-state index >= 15 is 0 Å². The Bertz CT molecular complexity index is 473. The lowest BCUT2D eigenvalue weighted by Gasteiger charge is -2.17. The molecule has 0 radical (unpaired) electrons. The summed E-state index contributed by atoms with van der Waals surface area (Å²) in [5, 5.41) is 2.58. The minimum Gasteiger partial charge on any atom is -0.330 e. The quantitative estimate of drug-likeness (QED) is 0.626. The fourth-order valence-corrected chi connectivity index (χ4v) is 2.84. The molecule has 2 rings (SSSR count). The maximum Gasteiger partial charge on any atom is 0.227 e. The van der Waals surface area contributed by atoms with Gasteiger partial charge in [-0.15, -0.1) is 0 Å². The van der Waals surface area contributed by atoms with Crippen LogP contribution in [0.3, 0.4) is 0 Å². The van der Waals surface area contributed by atoms with Gasteiger partial charge in [0.2, 0.25) is 5.91 Å². The van der Waals surface area contributed by atoms with E-state index in [0.717, 1.165) is 31.4 Å². The van der Waals surface area contributed by atoms with E-state index < -0.39 is 11.6 Å². The number of benzene rings is 1. The van der Waals surface area contributed by atoms with Crippen LogP contribution in [0.25, 0.3) is 0 Å². The highest BCUT2D eigenvalue weighted by molar-refractivity contribution is 14.1. The fourth-order valence-electron chi connectivity index (χ4n) is 2.53. The van der Waals surface area contributed by atoms with Gasteiger partial charge in [-0.3, -0.25) is 4.79 Å². The molecule has 0 saturated heterocycles. The summed E-state index contributed by atoms with van der Waals surface area (Å²) in [5.74, 6) is -1.53. The van der Waals surface area contributed by atoms with Crippen molar-refractivity contribution in [2.45, 2.75) is 19.3 Å². The summed E-state index contributed by atoms with van der Waals surface area (Å²) in [7, 11) is 0. The predicted octanol–water partition coefficient (Wildman–Crippen LogP) is 2.88. The topological polar surface area (TPSA) is 55.1 Å². The Balaban J connectivity index is 2.11. The highest BCUT2D eigenvalue weighted by Crippen LogP contribution is 2.32. The van der Waals surface area contributed by atoms with Crippen molar-refractivity contribution in [1.82, 2.24) is 0 Å².